The second-order valence-electron chi connectivity index (χ2n) is 12.2. The van der Waals surface area contributed by atoms with Crippen LogP contribution in [-0.2, 0) is 18.2 Å². The molecule has 4 aliphatic rings. The first kappa shape index (κ1) is 24.9. The predicted octanol–water partition coefficient (Wildman–Crippen LogP) is 5.42. The summed E-state index contributed by atoms with van der Waals surface area (Å²) in [7, 11) is -7.96. The third kappa shape index (κ3) is 7.13. The lowest BCUT2D eigenvalue weighted by Crippen LogP contribution is -2.51. The largest absolute Gasteiger partial charge is 0.342 e. The summed E-state index contributed by atoms with van der Waals surface area (Å²) < 4.78 is 36.7. The summed E-state index contributed by atoms with van der Waals surface area (Å²) in [5.41, 5.74) is -1.48. The molecule has 4 aliphatic carbocycles. The van der Waals surface area contributed by atoms with Crippen LogP contribution in [0.3, 0.4) is 0 Å². The van der Waals surface area contributed by atoms with Gasteiger partial charge in [0, 0.05) is 6.54 Å². The van der Waals surface area contributed by atoms with E-state index < -0.39 is 26.4 Å². The second kappa shape index (κ2) is 8.24. The summed E-state index contributed by atoms with van der Waals surface area (Å²) in [4.78, 5) is 22.8. The van der Waals surface area contributed by atoms with Crippen molar-refractivity contribution >= 4 is 15.2 Å². The SMILES string of the molecule is CC(C)(C)OP(=O)(O)CN(CC12CC3CC(CC(C3)C1)C2)CP(=O)(O)OC(C)(C)C. The van der Waals surface area contributed by atoms with E-state index in [1.807, 2.05) is 0 Å². The van der Waals surface area contributed by atoms with Gasteiger partial charge < -0.3 is 18.8 Å². The minimum Gasteiger partial charge on any atom is -0.323 e. The highest BCUT2D eigenvalue weighted by Crippen LogP contribution is 2.61. The van der Waals surface area contributed by atoms with Gasteiger partial charge in [0.25, 0.3) is 0 Å². The Morgan fingerprint density at radius 2 is 1.13 bits per heavy atom. The maximum Gasteiger partial charge on any atom is 0.342 e. The standard InChI is InChI=1S/C21H41NO6P2/c1-19(2,3)27-29(23,24)14-22(15-30(25,26)28-20(4,5)6)13-21-10-16-7-17(11-21)9-18(8-16)12-21/h16-18H,7-15H2,1-6H3,(H,23,24)(H,25,26). The van der Waals surface area contributed by atoms with Gasteiger partial charge in [-0.15, -0.1) is 0 Å². The molecule has 9 heteroatoms. The van der Waals surface area contributed by atoms with Gasteiger partial charge in [-0.05, 0) is 103 Å². The number of rotatable bonds is 8. The lowest BCUT2D eigenvalue weighted by Gasteiger charge is -2.58. The molecule has 30 heavy (non-hydrogen) atoms. The van der Waals surface area contributed by atoms with Gasteiger partial charge in [0.2, 0.25) is 0 Å². The van der Waals surface area contributed by atoms with E-state index in [-0.39, 0.29) is 18.0 Å². The molecule has 0 aliphatic heterocycles. The molecule has 0 heterocycles. The zero-order chi connectivity index (χ0) is 22.6. The van der Waals surface area contributed by atoms with Crippen molar-refractivity contribution in [2.24, 2.45) is 23.2 Å². The fraction of sp³-hybridized carbons (Fsp3) is 1.00. The molecular formula is C21H41NO6P2. The van der Waals surface area contributed by atoms with Crippen LogP contribution < -0.4 is 0 Å². The Hall–Kier alpha value is 0.260. The van der Waals surface area contributed by atoms with E-state index in [4.69, 9.17) is 9.05 Å². The van der Waals surface area contributed by atoms with E-state index in [0.717, 1.165) is 37.0 Å². The van der Waals surface area contributed by atoms with Crippen LogP contribution in [0.25, 0.3) is 0 Å². The van der Waals surface area contributed by atoms with Crippen molar-refractivity contribution in [1.82, 2.24) is 4.90 Å². The minimum absolute atomic E-state index is 0.0677. The molecule has 4 bridgehead atoms. The zero-order valence-electron chi connectivity index (χ0n) is 19.5. The Kier molecular flexibility index (Phi) is 6.84. The molecule has 0 aromatic rings. The lowest BCUT2D eigenvalue weighted by atomic mass is 9.49. The van der Waals surface area contributed by atoms with Crippen LogP contribution in [0.4, 0.5) is 0 Å². The summed E-state index contributed by atoms with van der Waals surface area (Å²) in [5, 5.41) is 0. The third-order valence-electron chi connectivity index (χ3n) is 6.31. The average molecular weight is 466 g/mol. The Morgan fingerprint density at radius 1 is 0.800 bits per heavy atom. The van der Waals surface area contributed by atoms with Crippen LogP contribution in [0.5, 0.6) is 0 Å². The number of hydrogen-bond acceptors (Lipinski definition) is 5. The van der Waals surface area contributed by atoms with E-state index >= 15 is 0 Å². The van der Waals surface area contributed by atoms with Crippen LogP contribution in [0, 0.1) is 23.2 Å². The zero-order valence-corrected chi connectivity index (χ0v) is 21.3. The first-order valence-electron chi connectivity index (χ1n) is 11.2. The normalized spacial score (nSPS) is 35.4. The molecule has 0 radical (unpaired) electrons. The van der Waals surface area contributed by atoms with Gasteiger partial charge in [0.1, 0.15) is 12.6 Å². The Balaban J connectivity index is 1.79. The van der Waals surface area contributed by atoms with E-state index in [0.29, 0.717) is 6.54 Å². The molecule has 2 N–H and O–H groups in total. The smallest absolute Gasteiger partial charge is 0.323 e. The van der Waals surface area contributed by atoms with Crippen molar-refractivity contribution in [2.75, 3.05) is 19.1 Å². The van der Waals surface area contributed by atoms with Gasteiger partial charge >= 0.3 is 15.2 Å². The van der Waals surface area contributed by atoms with E-state index in [9.17, 15) is 18.9 Å². The van der Waals surface area contributed by atoms with E-state index in [1.165, 1.54) is 19.3 Å². The highest BCUT2D eigenvalue weighted by molar-refractivity contribution is 7.53. The summed E-state index contributed by atoms with van der Waals surface area (Å²) in [6.07, 6.45) is 6.72. The second-order valence-corrected chi connectivity index (χ2v) is 15.7. The molecule has 0 aromatic heterocycles. The van der Waals surface area contributed by atoms with Crippen molar-refractivity contribution in [3.8, 4) is 0 Å². The monoisotopic (exact) mass is 465 g/mol. The predicted molar refractivity (Wildman–Crippen MR) is 118 cm³/mol. The average Bonchev–Trinajstić information content (AvgIpc) is 2.37. The molecule has 2 atom stereocenters. The van der Waals surface area contributed by atoms with Crippen LogP contribution in [0.15, 0.2) is 0 Å². The molecule has 7 nitrogen and oxygen atoms in total. The highest BCUT2D eigenvalue weighted by Gasteiger charge is 2.52. The van der Waals surface area contributed by atoms with E-state index in [2.05, 4.69) is 0 Å². The Labute approximate surface area is 182 Å². The van der Waals surface area contributed by atoms with Gasteiger partial charge in [0.15, 0.2) is 0 Å². The van der Waals surface area contributed by atoms with Crippen molar-refractivity contribution in [1.29, 1.82) is 0 Å². The quantitative estimate of drug-likeness (QED) is 0.462. The Morgan fingerprint density at radius 3 is 1.43 bits per heavy atom. The van der Waals surface area contributed by atoms with Gasteiger partial charge in [-0.1, -0.05) is 0 Å². The molecule has 0 amide bonds. The van der Waals surface area contributed by atoms with Crippen LogP contribution >= 0.6 is 15.2 Å². The molecule has 176 valence electrons. The maximum atomic E-state index is 12.9. The first-order chi connectivity index (χ1) is 13.4. The molecule has 4 rings (SSSR count). The number of nitrogens with zero attached hydrogens (tertiary/aromatic N) is 1. The van der Waals surface area contributed by atoms with E-state index in [1.54, 1.807) is 46.4 Å². The molecule has 2 unspecified atom stereocenters. The van der Waals surface area contributed by atoms with Gasteiger partial charge in [0.05, 0.1) is 11.2 Å². The molecule has 4 fully saturated rings. The third-order valence-corrected chi connectivity index (χ3v) is 9.50. The fourth-order valence-corrected chi connectivity index (χ4v) is 9.92. The summed E-state index contributed by atoms with van der Waals surface area (Å²) in [5.74, 6) is 2.20. The van der Waals surface area contributed by atoms with Crippen molar-refractivity contribution in [2.45, 2.75) is 91.3 Å². The molecular weight excluding hydrogens is 424 g/mol. The first-order valence-corrected chi connectivity index (χ1v) is 14.7. The molecule has 4 saturated carbocycles. The minimum atomic E-state index is -3.98. The van der Waals surface area contributed by atoms with Crippen molar-refractivity contribution in [3.05, 3.63) is 0 Å². The van der Waals surface area contributed by atoms with Gasteiger partial charge in [-0.3, -0.25) is 14.0 Å². The topological polar surface area (TPSA) is 96.3 Å². The number of hydrogen-bond donors (Lipinski definition) is 2. The summed E-state index contributed by atoms with van der Waals surface area (Å²) >= 11 is 0. The van der Waals surface area contributed by atoms with Crippen molar-refractivity contribution in [3.63, 3.8) is 0 Å². The van der Waals surface area contributed by atoms with Crippen molar-refractivity contribution < 1.29 is 28.0 Å². The fourth-order valence-electron chi connectivity index (χ4n) is 6.52. The molecule has 0 saturated heterocycles. The summed E-state index contributed by atoms with van der Waals surface area (Å²) in [6, 6.07) is 0. The molecule has 0 aromatic carbocycles. The Bertz CT molecular complexity index is 653. The molecule has 0 spiro atoms. The van der Waals surface area contributed by atoms with Gasteiger partial charge in [-0.2, -0.15) is 0 Å². The van der Waals surface area contributed by atoms with Crippen LogP contribution in [0.2, 0.25) is 0 Å². The summed E-state index contributed by atoms with van der Waals surface area (Å²) in [6.45, 7) is 11.0. The highest BCUT2D eigenvalue weighted by atomic mass is 31.2. The van der Waals surface area contributed by atoms with Crippen LogP contribution in [-0.4, -0.2) is 45.0 Å². The van der Waals surface area contributed by atoms with Crippen LogP contribution in [0.1, 0.15) is 80.1 Å². The maximum absolute atomic E-state index is 12.9. The van der Waals surface area contributed by atoms with Gasteiger partial charge in [-0.25, -0.2) is 0 Å². The lowest BCUT2D eigenvalue weighted by molar-refractivity contribution is -0.0665.